The number of carboxylic acid groups (broad SMARTS) is 1. The van der Waals surface area contributed by atoms with Crippen LogP contribution in [-0.4, -0.2) is 35.8 Å². The highest BCUT2D eigenvalue weighted by atomic mass is 35.5. The second-order valence-corrected chi connectivity index (χ2v) is 7.28. The van der Waals surface area contributed by atoms with E-state index in [-0.39, 0.29) is 40.1 Å². The van der Waals surface area contributed by atoms with Gasteiger partial charge in [-0.05, 0) is 36.2 Å². The topological polar surface area (TPSA) is 146 Å². The van der Waals surface area contributed by atoms with E-state index in [1.165, 1.54) is 18.5 Å². The third-order valence-electron chi connectivity index (χ3n) is 3.91. The molecule has 0 aliphatic heterocycles. The van der Waals surface area contributed by atoms with E-state index >= 15 is 0 Å². The van der Waals surface area contributed by atoms with Gasteiger partial charge >= 0.3 is 5.97 Å². The summed E-state index contributed by atoms with van der Waals surface area (Å²) in [6.07, 6.45) is 1.23. The predicted octanol–water partition coefficient (Wildman–Crippen LogP) is 3.16. The van der Waals surface area contributed by atoms with Crippen LogP contribution in [0.1, 0.15) is 22.3 Å². The van der Waals surface area contributed by atoms with Gasteiger partial charge in [0.05, 0.1) is 33.0 Å². The molecule has 0 bridgehead atoms. The predicted molar refractivity (Wildman–Crippen MR) is 120 cm³/mol. The lowest BCUT2D eigenvalue weighted by Gasteiger charge is -2.14. The number of amides is 2. The van der Waals surface area contributed by atoms with Crippen LogP contribution >= 0.6 is 34.8 Å². The van der Waals surface area contributed by atoms with Gasteiger partial charge in [-0.15, -0.1) is 0 Å². The van der Waals surface area contributed by atoms with E-state index in [1.807, 2.05) is 0 Å². The van der Waals surface area contributed by atoms with Crippen molar-refractivity contribution in [3.05, 3.63) is 56.5 Å². The molecule has 2 amide bonds. The van der Waals surface area contributed by atoms with Crippen LogP contribution in [0.3, 0.4) is 0 Å². The van der Waals surface area contributed by atoms with Crippen LogP contribution in [-0.2, 0) is 16.0 Å². The molecule has 6 N–H and O–H groups in total. The summed E-state index contributed by atoms with van der Waals surface area (Å²) < 4.78 is 0. The molecule has 31 heavy (non-hydrogen) atoms. The molecule has 0 aliphatic rings. The maximum Gasteiger partial charge on any atom is 0.303 e. The molecule has 0 heterocycles. The summed E-state index contributed by atoms with van der Waals surface area (Å²) in [4.78, 5) is 39.3. The minimum atomic E-state index is -0.996. The number of benzene rings is 2. The van der Waals surface area contributed by atoms with Crippen molar-refractivity contribution in [3.63, 3.8) is 0 Å². The quantitative estimate of drug-likeness (QED) is 0.121. The number of aryl methyl sites for hydroxylation is 1. The Kier molecular flexibility index (Phi) is 9.07. The third kappa shape index (κ3) is 7.11. The van der Waals surface area contributed by atoms with Crippen LogP contribution in [0.25, 0.3) is 0 Å². The zero-order valence-electron chi connectivity index (χ0n) is 15.9. The number of hydrazine groups is 1. The molecule has 0 radical (unpaired) electrons. The van der Waals surface area contributed by atoms with Crippen molar-refractivity contribution in [2.24, 2.45) is 10.8 Å². The first-order chi connectivity index (χ1) is 14.7. The van der Waals surface area contributed by atoms with Crippen LogP contribution in [0, 0.1) is 0 Å². The lowest BCUT2D eigenvalue weighted by Crippen LogP contribution is -2.33. The van der Waals surface area contributed by atoms with Gasteiger partial charge < -0.3 is 21.2 Å². The Bertz CT molecular complexity index is 1030. The average Bonchev–Trinajstić information content (AvgIpc) is 2.75. The maximum absolute atomic E-state index is 12.3. The van der Waals surface area contributed by atoms with E-state index in [1.54, 1.807) is 18.2 Å². The van der Waals surface area contributed by atoms with E-state index in [0.29, 0.717) is 16.8 Å². The van der Waals surface area contributed by atoms with Crippen LogP contribution in [0.15, 0.2) is 35.3 Å². The standard InChI is InChI=1S/C19H18Cl3N5O4/c20-13-7-10(4-5-15(29)30)16(21)17(22)18(13)27-14(28)8-24-19(31)11-2-1-3-12(6-11)25-9-26-23/h1-3,6-7,9H,4-5,8,23H2,(H,24,31)(H,25,26)(H,27,28)(H,29,30). The van der Waals surface area contributed by atoms with E-state index in [9.17, 15) is 14.4 Å². The highest BCUT2D eigenvalue weighted by molar-refractivity contribution is 6.47. The Balaban J connectivity index is 2.03. The zero-order chi connectivity index (χ0) is 23.0. The fourth-order valence-electron chi connectivity index (χ4n) is 2.47. The van der Waals surface area contributed by atoms with Gasteiger partial charge in [0, 0.05) is 12.0 Å². The summed E-state index contributed by atoms with van der Waals surface area (Å²) in [5.74, 6) is 3.03. The monoisotopic (exact) mass is 485 g/mol. The zero-order valence-corrected chi connectivity index (χ0v) is 18.2. The summed E-state index contributed by atoms with van der Waals surface area (Å²) in [6.45, 7) is -0.359. The number of carbonyl (C=O) groups excluding carboxylic acids is 2. The van der Waals surface area contributed by atoms with Gasteiger partial charge in [-0.25, -0.2) is 10.8 Å². The molecule has 12 heteroatoms. The van der Waals surface area contributed by atoms with Gasteiger partial charge in [0.15, 0.2) is 0 Å². The number of anilines is 1. The highest BCUT2D eigenvalue weighted by Gasteiger charge is 2.18. The minimum absolute atomic E-state index is 0.0201. The van der Waals surface area contributed by atoms with E-state index in [2.05, 4.69) is 21.1 Å². The maximum atomic E-state index is 12.3. The molecule has 0 aliphatic carbocycles. The molecular weight excluding hydrogens is 469 g/mol. The first-order valence-corrected chi connectivity index (χ1v) is 9.91. The Hall–Kier alpha value is -2.85. The van der Waals surface area contributed by atoms with Crippen molar-refractivity contribution in [1.29, 1.82) is 0 Å². The number of nitrogens with one attached hydrogen (secondary N) is 3. The van der Waals surface area contributed by atoms with Gasteiger partial charge in [-0.2, -0.15) is 0 Å². The van der Waals surface area contributed by atoms with Crippen molar-refractivity contribution >= 4 is 70.3 Å². The minimum Gasteiger partial charge on any atom is -0.481 e. The average molecular weight is 487 g/mol. The molecular formula is C19H18Cl3N5O4. The van der Waals surface area contributed by atoms with Crippen molar-refractivity contribution in [3.8, 4) is 0 Å². The summed E-state index contributed by atoms with van der Waals surface area (Å²) in [5, 5.41) is 13.9. The van der Waals surface area contributed by atoms with Crippen molar-refractivity contribution in [1.82, 2.24) is 10.7 Å². The first-order valence-electron chi connectivity index (χ1n) is 8.78. The SMILES string of the molecule is NNC=Nc1cccc(C(=O)NCC(=O)Nc2c(Cl)cc(CCC(=O)O)c(Cl)c2Cl)c1. The Morgan fingerprint density at radius 1 is 1.13 bits per heavy atom. The molecule has 0 spiro atoms. The number of carboxylic acids is 1. The number of rotatable bonds is 9. The second kappa shape index (κ2) is 11.5. The molecule has 9 nitrogen and oxygen atoms in total. The molecule has 0 atom stereocenters. The molecule has 0 fully saturated rings. The second-order valence-electron chi connectivity index (χ2n) is 6.12. The summed E-state index contributed by atoms with van der Waals surface area (Å²) in [6, 6.07) is 7.82. The molecule has 0 unspecified atom stereocenters. The summed E-state index contributed by atoms with van der Waals surface area (Å²) in [5.41, 5.74) is 3.55. The van der Waals surface area contributed by atoms with Gasteiger partial charge in [0.1, 0.15) is 6.34 Å². The molecule has 2 aromatic rings. The van der Waals surface area contributed by atoms with Crippen LogP contribution in [0.2, 0.25) is 15.1 Å². The van der Waals surface area contributed by atoms with Gasteiger partial charge in [-0.1, -0.05) is 40.9 Å². The number of nitrogens with two attached hydrogens (primary N) is 1. The van der Waals surface area contributed by atoms with E-state index < -0.39 is 17.8 Å². The largest absolute Gasteiger partial charge is 0.481 e. The van der Waals surface area contributed by atoms with Gasteiger partial charge in [0.2, 0.25) is 5.91 Å². The van der Waals surface area contributed by atoms with Gasteiger partial charge in [0.25, 0.3) is 5.91 Å². The lowest BCUT2D eigenvalue weighted by molar-refractivity contribution is -0.137. The number of nitrogens with zero attached hydrogens (tertiary/aromatic N) is 1. The molecule has 2 rings (SSSR count). The smallest absolute Gasteiger partial charge is 0.303 e. The summed E-state index contributed by atoms with van der Waals surface area (Å²) in [7, 11) is 0. The number of aliphatic carboxylic acids is 1. The van der Waals surface area contributed by atoms with E-state index in [4.69, 9.17) is 45.8 Å². The number of carbonyl (C=O) groups is 3. The molecule has 0 aromatic heterocycles. The number of hydrogen-bond acceptors (Lipinski definition) is 5. The first kappa shape index (κ1) is 24.4. The molecule has 2 aromatic carbocycles. The summed E-state index contributed by atoms with van der Waals surface area (Å²) >= 11 is 18.5. The molecule has 0 saturated carbocycles. The fourth-order valence-corrected chi connectivity index (χ4v) is 3.30. The van der Waals surface area contributed by atoms with E-state index in [0.717, 1.165) is 0 Å². The number of halogens is 3. The fraction of sp³-hybridized carbons (Fsp3) is 0.158. The molecule has 0 saturated heterocycles. The Morgan fingerprint density at radius 3 is 2.55 bits per heavy atom. The van der Waals surface area contributed by atoms with Crippen LogP contribution in [0.4, 0.5) is 11.4 Å². The molecule has 164 valence electrons. The lowest BCUT2D eigenvalue weighted by atomic mass is 10.1. The highest BCUT2D eigenvalue weighted by Crippen LogP contribution is 2.39. The third-order valence-corrected chi connectivity index (χ3v) is 5.12. The van der Waals surface area contributed by atoms with Crippen molar-refractivity contribution in [2.45, 2.75) is 12.8 Å². The van der Waals surface area contributed by atoms with Gasteiger partial charge in [-0.3, -0.25) is 14.4 Å². The number of hydrogen-bond donors (Lipinski definition) is 5. The number of aliphatic imine (C=N–C) groups is 1. The van der Waals surface area contributed by atoms with Crippen molar-refractivity contribution < 1.29 is 19.5 Å². The Morgan fingerprint density at radius 2 is 1.87 bits per heavy atom. The van der Waals surface area contributed by atoms with Crippen LogP contribution in [0.5, 0.6) is 0 Å². The normalized spacial score (nSPS) is 10.7. The van der Waals surface area contributed by atoms with Crippen LogP contribution < -0.4 is 21.9 Å². The van der Waals surface area contributed by atoms with Crippen molar-refractivity contribution in [2.75, 3.05) is 11.9 Å². The Labute approximate surface area is 192 Å².